The zero-order chi connectivity index (χ0) is 15.8. The van der Waals surface area contributed by atoms with Gasteiger partial charge in [0.1, 0.15) is 6.04 Å². The fourth-order valence-corrected chi connectivity index (χ4v) is 2.94. The molecule has 1 N–H and O–H groups in total. The number of nitrogens with zero attached hydrogens (tertiary/aromatic N) is 2. The molecule has 8 heteroatoms. The fraction of sp³-hybridized carbons (Fsp3) is 0.692. The summed E-state index contributed by atoms with van der Waals surface area (Å²) < 4.78 is 40.1. The Hall–Kier alpha value is -1.05. The average molecular weight is 368 g/mol. The van der Waals surface area contributed by atoms with Gasteiger partial charge in [0.25, 0.3) is 0 Å². The smallest absolute Gasteiger partial charge is 0.354 e. The first kappa shape index (κ1) is 16.3. The van der Waals surface area contributed by atoms with Crippen molar-refractivity contribution in [1.29, 1.82) is 0 Å². The molecule has 118 valence electrons. The van der Waals surface area contributed by atoms with Crippen LogP contribution in [0, 0.1) is 0 Å². The Morgan fingerprint density at radius 3 is 2.62 bits per heavy atom. The molecule has 1 aromatic heterocycles. The lowest BCUT2D eigenvalue weighted by Crippen LogP contribution is -2.32. The Bertz CT molecular complexity index is 537. The first-order valence-electron chi connectivity index (χ1n) is 6.90. The van der Waals surface area contributed by atoms with E-state index in [9.17, 15) is 18.0 Å². The van der Waals surface area contributed by atoms with E-state index < -0.39 is 17.9 Å². The quantitative estimate of drug-likeness (QED) is 0.863. The van der Waals surface area contributed by atoms with Crippen LogP contribution in [0.25, 0.3) is 0 Å². The van der Waals surface area contributed by atoms with Crippen LogP contribution in [-0.4, -0.2) is 22.2 Å². The normalized spacial score (nSPS) is 16.9. The monoisotopic (exact) mass is 367 g/mol. The molecule has 1 amide bonds. The minimum absolute atomic E-state index is 0.0346. The van der Waals surface area contributed by atoms with Gasteiger partial charge in [-0.1, -0.05) is 6.92 Å². The van der Waals surface area contributed by atoms with Crippen LogP contribution in [0.1, 0.15) is 56.5 Å². The molecule has 1 aliphatic carbocycles. The molecule has 0 bridgehead atoms. The third kappa shape index (κ3) is 3.41. The molecule has 0 spiro atoms. The number of rotatable bonds is 5. The van der Waals surface area contributed by atoms with Gasteiger partial charge < -0.3 is 5.32 Å². The number of carbonyl (C=O) groups excluding carboxylic acids is 1. The van der Waals surface area contributed by atoms with Crippen molar-refractivity contribution in [1.82, 2.24) is 15.1 Å². The summed E-state index contributed by atoms with van der Waals surface area (Å²) in [5.41, 5.74) is -0.485. The van der Waals surface area contributed by atoms with Gasteiger partial charge in [-0.05, 0) is 42.1 Å². The molecule has 1 unspecified atom stereocenters. The van der Waals surface area contributed by atoms with Crippen LogP contribution in [-0.2, 0) is 11.0 Å². The van der Waals surface area contributed by atoms with Crippen LogP contribution < -0.4 is 5.32 Å². The maximum Gasteiger partial charge on any atom is 0.436 e. The van der Waals surface area contributed by atoms with E-state index in [0.717, 1.165) is 19.3 Å². The van der Waals surface area contributed by atoms with Crippen molar-refractivity contribution in [3.05, 3.63) is 15.9 Å². The minimum atomic E-state index is -4.53. The van der Waals surface area contributed by atoms with E-state index in [0.29, 0.717) is 12.2 Å². The van der Waals surface area contributed by atoms with Crippen molar-refractivity contribution < 1.29 is 18.0 Å². The Labute approximate surface area is 129 Å². The maximum absolute atomic E-state index is 13.0. The van der Waals surface area contributed by atoms with E-state index in [1.807, 2.05) is 6.92 Å². The standard InChI is InChI=1S/C13H17BrF3N3O/c1-3-6-18-12(21)7(2)20-10(8-4-5-8)9(14)11(19-20)13(15,16)17/h7-8H,3-6H2,1-2H3,(H,18,21). The molecule has 21 heavy (non-hydrogen) atoms. The van der Waals surface area contributed by atoms with Crippen molar-refractivity contribution in [2.24, 2.45) is 0 Å². The van der Waals surface area contributed by atoms with Gasteiger partial charge in [0.15, 0.2) is 5.69 Å². The van der Waals surface area contributed by atoms with Crippen molar-refractivity contribution >= 4 is 21.8 Å². The highest BCUT2D eigenvalue weighted by Crippen LogP contribution is 2.47. The van der Waals surface area contributed by atoms with Gasteiger partial charge in [0.2, 0.25) is 5.91 Å². The van der Waals surface area contributed by atoms with Crippen molar-refractivity contribution in [2.45, 2.75) is 51.2 Å². The summed E-state index contributed by atoms with van der Waals surface area (Å²) in [5.74, 6) is -0.271. The molecule has 1 atom stereocenters. The summed E-state index contributed by atoms with van der Waals surface area (Å²) in [7, 11) is 0. The van der Waals surface area contributed by atoms with Crippen LogP contribution in [0.2, 0.25) is 0 Å². The summed E-state index contributed by atoms with van der Waals surface area (Å²) in [6, 6.07) is -0.764. The lowest BCUT2D eigenvalue weighted by atomic mass is 10.2. The van der Waals surface area contributed by atoms with Gasteiger partial charge >= 0.3 is 6.18 Å². The molecule has 0 aromatic carbocycles. The number of amides is 1. The summed E-state index contributed by atoms with van der Waals surface area (Å²) in [5, 5.41) is 6.34. The Kier molecular flexibility index (Phi) is 4.65. The Morgan fingerprint density at radius 2 is 2.14 bits per heavy atom. The SMILES string of the molecule is CCCNC(=O)C(C)n1nc(C(F)(F)F)c(Br)c1C1CC1. The molecule has 4 nitrogen and oxygen atoms in total. The van der Waals surface area contributed by atoms with Gasteiger partial charge in [-0.3, -0.25) is 9.48 Å². The topological polar surface area (TPSA) is 46.9 Å². The van der Waals surface area contributed by atoms with Crippen molar-refractivity contribution in [3.63, 3.8) is 0 Å². The molecular weight excluding hydrogens is 351 g/mol. The van der Waals surface area contributed by atoms with Crippen LogP contribution in [0.15, 0.2) is 4.47 Å². The number of nitrogens with one attached hydrogen (secondary N) is 1. The highest BCUT2D eigenvalue weighted by molar-refractivity contribution is 9.10. The number of hydrogen-bond acceptors (Lipinski definition) is 2. The number of halogens is 4. The molecule has 0 radical (unpaired) electrons. The van der Waals surface area contributed by atoms with Crippen molar-refractivity contribution in [3.8, 4) is 0 Å². The molecule has 2 rings (SSSR count). The molecule has 1 saturated carbocycles. The fourth-order valence-electron chi connectivity index (χ4n) is 2.13. The maximum atomic E-state index is 13.0. The number of aromatic nitrogens is 2. The molecule has 1 aromatic rings. The number of carbonyl (C=O) groups is 1. The van der Waals surface area contributed by atoms with Gasteiger partial charge in [0, 0.05) is 12.5 Å². The number of hydrogen-bond donors (Lipinski definition) is 1. The zero-order valence-electron chi connectivity index (χ0n) is 11.8. The Balaban J connectivity index is 2.36. The molecule has 1 aliphatic rings. The van der Waals surface area contributed by atoms with Gasteiger partial charge in [-0.2, -0.15) is 18.3 Å². The molecule has 1 heterocycles. The first-order valence-corrected chi connectivity index (χ1v) is 7.69. The second-order valence-corrected chi connectivity index (χ2v) is 6.02. The second-order valence-electron chi connectivity index (χ2n) is 5.23. The van der Waals surface area contributed by atoms with E-state index >= 15 is 0 Å². The lowest BCUT2D eigenvalue weighted by Gasteiger charge is -2.15. The highest BCUT2D eigenvalue weighted by atomic mass is 79.9. The summed E-state index contributed by atoms with van der Waals surface area (Å²) in [6.07, 6.45) is -2.12. The number of alkyl halides is 3. The average Bonchev–Trinajstić information content (AvgIpc) is 3.17. The second kappa shape index (κ2) is 5.98. The summed E-state index contributed by atoms with van der Waals surface area (Å²) in [4.78, 5) is 12.0. The molecular formula is C13H17BrF3N3O. The lowest BCUT2D eigenvalue weighted by molar-refractivity contribution is -0.142. The van der Waals surface area contributed by atoms with Crippen LogP contribution >= 0.6 is 15.9 Å². The minimum Gasteiger partial charge on any atom is -0.354 e. The van der Waals surface area contributed by atoms with Gasteiger partial charge in [-0.25, -0.2) is 0 Å². The van der Waals surface area contributed by atoms with E-state index in [2.05, 4.69) is 26.3 Å². The van der Waals surface area contributed by atoms with Crippen LogP contribution in [0.5, 0.6) is 0 Å². The van der Waals surface area contributed by atoms with Crippen molar-refractivity contribution in [2.75, 3.05) is 6.54 Å². The molecule has 0 saturated heterocycles. The third-order valence-electron chi connectivity index (χ3n) is 3.42. The Morgan fingerprint density at radius 1 is 1.52 bits per heavy atom. The van der Waals surface area contributed by atoms with E-state index in [-0.39, 0.29) is 16.3 Å². The summed E-state index contributed by atoms with van der Waals surface area (Å²) >= 11 is 3.01. The highest BCUT2D eigenvalue weighted by Gasteiger charge is 2.42. The van der Waals surface area contributed by atoms with E-state index in [1.165, 1.54) is 4.68 Å². The van der Waals surface area contributed by atoms with Gasteiger partial charge in [-0.15, -0.1) is 0 Å². The molecule has 1 fully saturated rings. The predicted octanol–water partition coefficient (Wildman–Crippen LogP) is 3.63. The van der Waals surface area contributed by atoms with E-state index in [4.69, 9.17) is 0 Å². The zero-order valence-corrected chi connectivity index (χ0v) is 13.4. The first-order chi connectivity index (χ1) is 9.77. The predicted molar refractivity (Wildman–Crippen MR) is 74.9 cm³/mol. The largest absolute Gasteiger partial charge is 0.436 e. The third-order valence-corrected chi connectivity index (χ3v) is 4.20. The molecule has 0 aliphatic heterocycles. The van der Waals surface area contributed by atoms with Crippen LogP contribution in [0.3, 0.4) is 0 Å². The van der Waals surface area contributed by atoms with E-state index in [1.54, 1.807) is 6.92 Å². The summed E-state index contributed by atoms with van der Waals surface area (Å²) in [6.45, 7) is 3.97. The van der Waals surface area contributed by atoms with Gasteiger partial charge in [0.05, 0.1) is 10.2 Å². The van der Waals surface area contributed by atoms with Crippen LogP contribution in [0.4, 0.5) is 13.2 Å².